The Labute approximate surface area is 185 Å². The van der Waals surface area contributed by atoms with Crippen LogP contribution in [0.4, 0.5) is 0 Å². The van der Waals surface area contributed by atoms with E-state index < -0.39 is 11.2 Å². The van der Waals surface area contributed by atoms with Gasteiger partial charge in [0.15, 0.2) is 17.2 Å². The number of likely N-dealkylation sites (tertiary alicyclic amines) is 1. The summed E-state index contributed by atoms with van der Waals surface area (Å²) in [5.74, 6) is 1.02. The molecule has 3 aromatic rings. The van der Waals surface area contributed by atoms with Gasteiger partial charge in [0.2, 0.25) is 0 Å². The molecular weight excluding hydrogens is 410 g/mol. The standard InChI is InChI=1S/C24H25N3O5/c1-30-19-13-15-7-12-32-24(16(15)14-20(19)31-2)8-10-27(11-9-24)23(29)21-22(28)26-18-6-4-3-5-17(18)25-21/h3-6,13-14H,7-12H2,1-2H3,(H,26,28). The summed E-state index contributed by atoms with van der Waals surface area (Å²) in [6.45, 7) is 1.56. The van der Waals surface area contributed by atoms with Crippen molar-refractivity contribution in [3.8, 4) is 11.5 Å². The van der Waals surface area contributed by atoms with Crippen LogP contribution in [0.5, 0.6) is 11.5 Å². The van der Waals surface area contributed by atoms with Crippen LogP contribution in [0.15, 0.2) is 41.2 Å². The number of H-pyrrole nitrogens is 1. The number of fused-ring (bicyclic) bond motifs is 3. The number of nitrogens with zero attached hydrogens (tertiary/aromatic N) is 2. The first-order chi connectivity index (χ1) is 15.5. The van der Waals surface area contributed by atoms with Crippen molar-refractivity contribution >= 4 is 16.9 Å². The maximum Gasteiger partial charge on any atom is 0.280 e. The maximum atomic E-state index is 13.1. The van der Waals surface area contributed by atoms with E-state index in [-0.39, 0.29) is 11.6 Å². The Balaban J connectivity index is 1.41. The number of hydrogen-bond donors (Lipinski definition) is 1. The number of hydrogen-bond acceptors (Lipinski definition) is 6. The molecule has 0 bridgehead atoms. The summed E-state index contributed by atoms with van der Waals surface area (Å²) < 4.78 is 17.3. The second kappa shape index (κ2) is 7.94. The van der Waals surface area contributed by atoms with Gasteiger partial charge >= 0.3 is 0 Å². The molecule has 1 amide bonds. The van der Waals surface area contributed by atoms with Crippen LogP contribution in [0.1, 0.15) is 34.5 Å². The zero-order valence-corrected chi connectivity index (χ0v) is 18.1. The third kappa shape index (κ3) is 3.31. The minimum Gasteiger partial charge on any atom is -0.493 e. The van der Waals surface area contributed by atoms with Crippen molar-refractivity contribution in [2.75, 3.05) is 33.9 Å². The first kappa shape index (κ1) is 20.5. The summed E-state index contributed by atoms with van der Waals surface area (Å²) in [5, 5.41) is 0. The predicted molar refractivity (Wildman–Crippen MR) is 118 cm³/mol. The molecular formula is C24H25N3O5. The highest BCUT2D eigenvalue weighted by molar-refractivity contribution is 5.93. The molecule has 0 saturated carbocycles. The van der Waals surface area contributed by atoms with Crippen LogP contribution in [-0.2, 0) is 16.8 Å². The number of nitrogens with one attached hydrogen (secondary N) is 1. The number of rotatable bonds is 3. The highest BCUT2D eigenvalue weighted by Gasteiger charge is 2.43. The number of aromatic amines is 1. The SMILES string of the molecule is COc1cc2c(cc1OC)C1(CCN(C(=O)c3nc4ccccc4[nH]c3=O)CC1)OCC2. The van der Waals surface area contributed by atoms with Gasteiger partial charge in [0, 0.05) is 13.1 Å². The molecule has 1 aromatic heterocycles. The molecule has 2 aliphatic heterocycles. The van der Waals surface area contributed by atoms with Crippen LogP contribution in [-0.4, -0.2) is 54.7 Å². The van der Waals surface area contributed by atoms with Gasteiger partial charge in [0.1, 0.15) is 0 Å². The van der Waals surface area contributed by atoms with E-state index in [1.54, 1.807) is 31.3 Å². The van der Waals surface area contributed by atoms with E-state index in [4.69, 9.17) is 14.2 Å². The zero-order chi connectivity index (χ0) is 22.3. The maximum absolute atomic E-state index is 13.1. The number of carbonyl (C=O) groups excluding carboxylic acids is 1. The van der Waals surface area contributed by atoms with E-state index in [0.717, 1.165) is 12.0 Å². The molecule has 1 fully saturated rings. The molecule has 1 saturated heterocycles. The number of amides is 1. The van der Waals surface area contributed by atoms with Gasteiger partial charge in [-0.05, 0) is 54.7 Å². The first-order valence-corrected chi connectivity index (χ1v) is 10.7. The number of benzene rings is 2. The van der Waals surface area contributed by atoms with Crippen molar-refractivity contribution in [2.45, 2.75) is 24.9 Å². The third-order valence-electron chi connectivity index (χ3n) is 6.51. The van der Waals surface area contributed by atoms with Gasteiger partial charge in [-0.2, -0.15) is 0 Å². The van der Waals surface area contributed by atoms with Crippen LogP contribution in [0.2, 0.25) is 0 Å². The van der Waals surface area contributed by atoms with Gasteiger partial charge in [-0.15, -0.1) is 0 Å². The molecule has 0 radical (unpaired) electrons. The quantitative estimate of drug-likeness (QED) is 0.680. The lowest BCUT2D eigenvalue weighted by molar-refractivity contribution is -0.0937. The van der Waals surface area contributed by atoms with Crippen molar-refractivity contribution < 1.29 is 19.0 Å². The topological polar surface area (TPSA) is 93.8 Å². The molecule has 8 nitrogen and oxygen atoms in total. The second-order valence-electron chi connectivity index (χ2n) is 8.18. The van der Waals surface area contributed by atoms with Crippen molar-refractivity contribution in [3.63, 3.8) is 0 Å². The highest BCUT2D eigenvalue weighted by Crippen LogP contribution is 2.45. The summed E-state index contributed by atoms with van der Waals surface area (Å²) in [6, 6.07) is 11.2. The Morgan fingerprint density at radius 1 is 1.12 bits per heavy atom. The number of aromatic nitrogens is 2. The molecule has 3 heterocycles. The number of carbonyl (C=O) groups is 1. The van der Waals surface area contributed by atoms with Crippen molar-refractivity contribution in [1.29, 1.82) is 0 Å². The molecule has 1 spiro atoms. The third-order valence-corrected chi connectivity index (χ3v) is 6.51. The largest absolute Gasteiger partial charge is 0.493 e. The average molecular weight is 435 g/mol. The van der Waals surface area contributed by atoms with E-state index in [0.29, 0.717) is 55.1 Å². The lowest BCUT2D eigenvalue weighted by Crippen LogP contribution is -2.49. The zero-order valence-electron chi connectivity index (χ0n) is 18.1. The van der Waals surface area contributed by atoms with E-state index in [1.165, 1.54) is 5.56 Å². The van der Waals surface area contributed by atoms with Crippen LogP contribution < -0.4 is 15.0 Å². The second-order valence-corrected chi connectivity index (χ2v) is 8.18. The minimum absolute atomic E-state index is 0.0731. The number of ether oxygens (including phenoxy) is 3. The summed E-state index contributed by atoms with van der Waals surface area (Å²) in [7, 11) is 3.25. The van der Waals surface area contributed by atoms with Crippen molar-refractivity contribution in [2.24, 2.45) is 0 Å². The van der Waals surface area contributed by atoms with Crippen molar-refractivity contribution in [1.82, 2.24) is 14.9 Å². The van der Waals surface area contributed by atoms with Crippen molar-refractivity contribution in [3.05, 3.63) is 63.6 Å². The molecule has 166 valence electrons. The van der Waals surface area contributed by atoms with Gasteiger partial charge in [-0.3, -0.25) is 9.59 Å². The Morgan fingerprint density at radius 2 is 1.84 bits per heavy atom. The van der Waals surface area contributed by atoms with Gasteiger partial charge in [-0.1, -0.05) is 12.1 Å². The number of piperidine rings is 1. The Bertz CT molecular complexity index is 1240. The fourth-order valence-electron chi connectivity index (χ4n) is 4.80. The molecule has 2 aliphatic rings. The first-order valence-electron chi connectivity index (χ1n) is 10.7. The molecule has 1 N–H and O–H groups in total. The normalized spacial score (nSPS) is 17.2. The summed E-state index contributed by atoms with van der Waals surface area (Å²) in [5.41, 5.74) is 2.46. The monoisotopic (exact) mass is 435 g/mol. The smallest absolute Gasteiger partial charge is 0.280 e. The van der Waals surface area contributed by atoms with Crippen LogP contribution in [0.3, 0.4) is 0 Å². The molecule has 0 unspecified atom stereocenters. The Kier molecular flexibility index (Phi) is 5.09. The molecule has 2 aromatic carbocycles. The fourth-order valence-corrected chi connectivity index (χ4v) is 4.80. The van der Waals surface area contributed by atoms with Gasteiger partial charge in [0.25, 0.3) is 11.5 Å². The van der Waals surface area contributed by atoms with Gasteiger partial charge in [-0.25, -0.2) is 4.98 Å². The average Bonchev–Trinajstić information content (AvgIpc) is 2.83. The minimum atomic E-state index is -0.479. The lowest BCUT2D eigenvalue weighted by atomic mass is 9.79. The van der Waals surface area contributed by atoms with E-state index >= 15 is 0 Å². The van der Waals surface area contributed by atoms with Gasteiger partial charge in [0.05, 0.1) is 37.5 Å². The van der Waals surface area contributed by atoms with Crippen LogP contribution in [0, 0.1) is 0 Å². The Hall–Kier alpha value is -3.39. The predicted octanol–water partition coefficient (Wildman–Crippen LogP) is 2.64. The van der Waals surface area contributed by atoms with E-state index in [1.807, 2.05) is 24.3 Å². The van der Waals surface area contributed by atoms with E-state index in [2.05, 4.69) is 9.97 Å². The summed E-state index contributed by atoms with van der Waals surface area (Å²) in [4.78, 5) is 34.4. The molecule has 32 heavy (non-hydrogen) atoms. The fraction of sp³-hybridized carbons (Fsp3) is 0.375. The lowest BCUT2D eigenvalue weighted by Gasteiger charge is -2.45. The number of para-hydroxylation sites is 2. The molecule has 8 heteroatoms. The van der Waals surface area contributed by atoms with Crippen LogP contribution in [0.25, 0.3) is 11.0 Å². The Morgan fingerprint density at radius 3 is 2.59 bits per heavy atom. The number of methoxy groups -OCH3 is 2. The van der Waals surface area contributed by atoms with E-state index in [9.17, 15) is 9.59 Å². The summed E-state index contributed by atoms with van der Waals surface area (Å²) >= 11 is 0. The molecule has 5 rings (SSSR count). The molecule has 0 atom stereocenters. The highest BCUT2D eigenvalue weighted by atomic mass is 16.5. The molecule has 0 aliphatic carbocycles. The van der Waals surface area contributed by atoms with Gasteiger partial charge < -0.3 is 24.1 Å². The van der Waals surface area contributed by atoms with Crippen LogP contribution >= 0.6 is 0 Å². The summed E-state index contributed by atoms with van der Waals surface area (Å²) in [6.07, 6.45) is 2.07.